The van der Waals surface area contributed by atoms with Crippen molar-refractivity contribution in [1.82, 2.24) is 19.9 Å². The van der Waals surface area contributed by atoms with Crippen LogP contribution in [-0.2, 0) is 0 Å². The molecule has 11 rings (SSSR count). The van der Waals surface area contributed by atoms with Gasteiger partial charge in [0.25, 0.3) is 0 Å². The van der Waals surface area contributed by atoms with Crippen molar-refractivity contribution in [2.45, 2.75) is 0 Å². The van der Waals surface area contributed by atoms with Gasteiger partial charge in [0, 0.05) is 33.0 Å². The van der Waals surface area contributed by atoms with E-state index in [9.17, 15) is 0 Å². The molecule has 2 heterocycles. The molecule has 5 heteroatoms. The zero-order valence-electron chi connectivity index (χ0n) is 29.5. The minimum Gasteiger partial charge on any atom is -0.435 e. The zero-order valence-corrected chi connectivity index (χ0v) is 29.5. The van der Waals surface area contributed by atoms with Crippen LogP contribution >= 0.6 is 0 Å². The summed E-state index contributed by atoms with van der Waals surface area (Å²) in [5, 5.41) is 8.80. The van der Waals surface area contributed by atoms with Crippen LogP contribution in [0.4, 0.5) is 0 Å². The molecule has 0 aliphatic carbocycles. The van der Waals surface area contributed by atoms with E-state index in [-0.39, 0.29) is 0 Å². The highest BCUT2D eigenvalue weighted by atomic mass is 16.3. The van der Waals surface area contributed by atoms with E-state index in [1.54, 1.807) is 0 Å². The molecule has 5 nitrogen and oxygen atoms in total. The maximum atomic E-state index is 6.77. The maximum absolute atomic E-state index is 6.77. The smallest absolute Gasteiger partial charge is 0.227 e. The Morgan fingerprint density at radius 1 is 0.327 bits per heavy atom. The first-order chi connectivity index (χ1) is 27.2. The minimum absolute atomic E-state index is 0.599. The molecule has 0 spiro atoms. The van der Waals surface area contributed by atoms with Gasteiger partial charge in [-0.25, -0.2) is 19.9 Å². The monoisotopic (exact) mass is 702 g/mol. The summed E-state index contributed by atoms with van der Waals surface area (Å²) in [6.45, 7) is 0. The van der Waals surface area contributed by atoms with Gasteiger partial charge in [-0.15, -0.1) is 0 Å². The zero-order chi connectivity index (χ0) is 36.3. The number of oxazole rings is 1. The van der Waals surface area contributed by atoms with Crippen LogP contribution in [0.2, 0.25) is 0 Å². The second-order valence-corrected chi connectivity index (χ2v) is 13.8. The normalized spacial score (nSPS) is 11.6. The van der Waals surface area contributed by atoms with E-state index >= 15 is 0 Å². The molecule has 2 aromatic heterocycles. The first-order valence-corrected chi connectivity index (χ1v) is 18.4. The van der Waals surface area contributed by atoms with Gasteiger partial charge >= 0.3 is 0 Å². The van der Waals surface area contributed by atoms with Gasteiger partial charge in [-0.1, -0.05) is 158 Å². The van der Waals surface area contributed by atoms with Crippen LogP contribution in [0, 0.1) is 0 Å². The van der Waals surface area contributed by atoms with E-state index in [1.165, 1.54) is 16.5 Å². The summed E-state index contributed by atoms with van der Waals surface area (Å²) in [7, 11) is 0. The van der Waals surface area contributed by atoms with Crippen LogP contribution in [-0.4, -0.2) is 19.9 Å². The van der Waals surface area contributed by atoms with E-state index in [0.717, 1.165) is 71.1 Å². The summed E-state index contributed by atoms with van der Waals surface area (Å²) in [4.78, 5) is 20.1. The Balaban J connectivity index is 1.09. The van der Waals surface area contributed by atoms with E-state index in [4.69, 9.17) is 24.4 Å². The number of hydrogen-bond donors (Lipinski definition) is 0. The minimum atomic E-state index is 0.599. The Hall–Kier alpha value is -7.50. The van der Waals surface area contributed by atoms with Crippen molar-refractivity contribution in [2.75, 3.05) is 0 Å². The third-order valence-corrected chi connectivity index (χ3v) is 10.5. The topological polar surface area (TPSA) is 64.7 Å². The molecule has 0 aliphatic heterocycles. The average molecular weight is 703 g/mol. The number of rotatable bonds is 5. The summed E-state index contributed by atoms with van der Waals surface area (Å²) in [5.74, 6) is 2.49. The molecule has 11 aromatic rings. The fourth-order valence-corrected chi connectivity index (χ4v) is 7.81. The second kappa shape index (κ2) is 12.6. The van der Waals surface area contributed by atoms with Crippen molar-refractivity contribution in [3.63, 3.8) is 0 Å². The summed E-state index contributed by atoms with van der Waals surface area (Å²) >= 11 is 0. The summed E-state index contributed by atoms with van der Waals surface area (Å²) < 4.78 is 6.77. The first-order valence-electron chi connectivity index (χ1n) is 18.4. The second-order valence-electron chi connectivity index (χ2n) is 13.8. The van der Waals surface area contributed by atoms with Crippen molar-refractivity contribution in [1.29, 1.82) is 0 Å². The van der Waals surface area contributed by atoms with Crippen molar-refractivity contribution in [2.24, 2.45) is 0 Å². The highest BCUT2D eigenvalue weighted by Crippen LogP contribution is 2.41. The Morgan fingerprint density at radius 2 is 0.873 bits per heavy atom. The standard InChI is InChI=1S/C50H30N4O/c1-4-11-31(12-5-1)36-21-22-38-30-39(24-23-37(38)29-36)50-51-43-28-26-33-20-19-32-25-27-40-41(44(32)45(33)46(43)55-50)17-10-18-42(40)49-53-47(34-13-6-2-7-14-34)52-48(54-49)35-15-8-3-9-16-35/h1-30H. The van der Waals surface area contributed by atoms with Gasteiger partial charge in [0.05, 0.1) is 0 Å². The number of aromatic nitrogens is 4. The van der Waals surface area contributed by atoms with Gasteiger partial charge in [0.2, 0.25) is 5.89 Å². The SMILES string of the molecule is c1ccc(-c2ccc3cc(-c4nc5ccc6ccc7ccc8c(-c9nc(-c%10ccccc%10)nc(-c%10ccccc%10)n9)cccc8c7c6c5o4)ccc3c2)cc1. The molecule has 0 bridgehead atoms. The van der Waals surface area contributed by atoms with E-state index in [2.05, 4.69) is 115 Å². The van der Waals surface area contributed by atoms with Crippen molar-refractivity contribution >= 4 is 54.2 Å². The quantitative estimate of drug-likeness (QED) is 0.167. The van der Waals surface area contributed by atoms with Gasteiger partial charge in [0.1, 0.15) is 5.52 Å². The lowest BCUT2D eigenvalue weighted by molar-refractivity contribution is 0.623. The molecular formula is C50H30N4O. The Morgan fingerprint density at radius 3 is 1.56 bits per heavy atom. The van der Waals surface area contributed by atoms with Crippen LogP contribution in [0.5, 0.6) is 0 Å². The van der Waals surface area contributed by atoms with E-state index in [1.807, 2.05) is 66.7 Å². The molecular weight excluding hydrogens is 673 g/mol. The molecule has 0 aliphatic rings. The lowest BCUT2D eigenvalue weighted by Gasteiger charge is -2.13. The van der Waals surface area contributed by atoms with Crippen molar-refractivity contribution in [3.8, 4) is 56.7 Å². The van der Waals surface area contributed by atoms with Gasteiger partial charge < -0.3 is 4.42 Å². The van der Waals surface area contributed by atoms with E-state index < -0.39 is 0 Å². The first kappa shape index (κ1) is 31.1. The third-order valence-electron chi connectivity index (χ3n) is 10.5. The Kier molecular flexibility index (Phi) is 7.10. The number of fused-ring (bicyclic) bond motifs is 8. The fourth-order valence-electron chi connectivity index (χ4n) is 7.81. The summed E-state index contributed by atoms with van der Waals surface area (Å²) in [5.41, 5.74) is 7.74. The summed E-state index contributed by atoms with van der Waals surface area (Å²) in [6, 6.07) is 62.9. The Bertz CT molecular complexity index is 3190. The number of nitrogens with zero attached hydrogens (tertiary/aromatic N) is 4. The largest absolute Gasteiger partial charge is 0.435 e. The highest BCUT2D eigenvalue weighted by molar-refractivity contribution is 6.27. The average Bonchev–Trinajstić information content (AvgIpc) is 3.71. The molecule has 0 amide bonds. The third kappa shape index (κ3) is 5.33. The van der Waals surface area contributed by atoms with Crippen LogP contribution in [0.25, 0.3) is 111 Å². The molecule has 0 saturated carbocycles. The van der Waals surface area contributed by atoms with Crippen LogP contribution in [0.3, 0.4) is 0 Å². The van der Waals surface area contributed by atoms with Gasteiger partial charge in [-0.3, -0.25) is 0 Å². The molecule has 0 radical (unpaired) electrons. The molecule has 0 saturated heterocycles. The number of hydrogen-bond acceptors (Lipinski definition) is 5. The lowest BCUT2D eigenvalue weighted by Crippen LogP contribution is -2.00. The summed E-state index contributed by atoms with van der Waals surface area (Å²) in [6.07, 6.45) is 0. The molecule has 55 heavy (non-hydrogen) atoms. The van der Waals surface area contributed by atoms with Gasteiger partial charge in [-0.05, 0) is 67.7 Å². The predicted octanol–water partition coefficient (Wildman–Crippen LogP) is 13.0. The molecule has 0 atom stereocenters. The maximum Gasteiger partial charge on any atom is 0.227 e. The van der Waals surface area contributed by atoms with Crippen LogP contribution in [0.1, 0.15) is 0 Å². The molecule has 9 aromatic carbocycles. The molecule has 0 fully saturated rings. The highest BCUT2D eigenvalue weighted by Gasteiger charge is 2.19. The lowest BCUT2D eigenvalue weighted by atomic mass is 9.93. The predicted molar refractivity (Wildman–Crippen MR) is 225 cm³/mol. The Labute approximate surface area is 316 Å². The van der Waals surface area contributed by atoms with Crippen LogP contribution < -0.4 is 0 Å². The molecule has 0 unspecified atom stereocenters. The van der Waals surface area contributed by atoms with Crippen molar-refractivity contribution in [3.05, 3.63) is 182 Å². The van der Waals surface area contributed by atoms with Gasteiger partial charge in [-0.2, -0.15) is 0 Å². The van der Waals surface area contributed by atoms with Crippen LogP contribution in [0.15, 0.2) is 186 Å². The molecule has 0 N–H and O–H groups in total. The van der Waals surface area contributed by atoms with E-state index in [0.29, 0.717) is 23.4 Å². The van der Waals surface area contributed by atoms with Crippen molar-refractivity contribution < 1.29 is 4.42 Å². The molecule has 256 valence electrons. The number of benzene rings is 9. The fraction of sp³-hybridized carbons (Fsp3) is 0. The van der Waals surface area contributed by atoms with Gasteiger partial charge in [0.15, 0.2) is 23.1 Å².